The van der Waals surface area contributed by atoms with Gasteiger partial charge in [-0.1, -0.05) is 37.6 Å². The summed E-state index contributed by atoms with van der Waals surface area (Å²) >= 11 is 0. The van der Waals surface area contributed by atoms with E-state index in [4.69, 9.17) is 0 Å². The highest BCUT2D eigenvalue weighted by Crippen LogP contribution is 2.24. The molecule has 0 radical (unpaired) electrons. The van der Waals surface area contributed by atoms with E-state index in [0.717, 1.165) is 25.9 Å². The number of benzene rings is 1. The summed E-state index contributed by atoms with van der Waals surface area (Å²) in [5.74, 6) is 0.204. The number of hydrogen-bond acceptors (Lipinski definition) is 4. The Morgan fingerprint density at radius 1 is 1.19 bits per heavy atom. The number of likely N-dealkylation sites (N-methyl/N-ethyl adjacent to an activating group) is 1. The Hall–Kier alpha value is -1.92. The third-order valence-corrected chi connectivity index (χ3v) is 5.60. The Labute approximate surface area is 156 Å². The maximum absolute atomic E-state index is 12.8. The number of nitrogens with zero attached hydrogens (tertiary/aromatic N) is 3. The van der Waals surface area contributed by atoms with E-state index in [1.807, 2.05) is 29.1 Å². The van der Waals surface area contributed by atoms with E-state index in [2.05, 4.69) is 36.3 Å². The molecule has 0 aliphatic carbocycles. The summed E-state index contributed by atoms with van der Waals surface area (Å²) in [4.78, 5) is 29.3. The zero-order valence-electron chi connectivity index (χ0n) is 16.1. The fraction of sp³-hybridized carbons (Fsp3) is 0.600. The molecule has 2 fully saturated rings. The summed E-state index contributed by atoms with van der Waals surface area (Å²) in [6.07, 6.45) is 1.83. The van der Waals surface area contributed by atoms with Gasteiger partial charge < -0.3 is 4.90 Å². The molecule has 2 saturated heterocycles. The predicted molar refractivity (Wildman–Crippen MR) is 101 cm³/mol. The smallest absolute Gasteiger partial charge is 0.239 e. The molecule has 2 heterocycles. The fourth-order valence-electron chi connectivity index (χ4n) is 4.07. The highest BCUT2D eigenvalue weighted by Gasteiger charge is 2.39. The molecule has 142 valence electrons. The Morgan fingerprint density at radius 2 is 1.96 bits per heavy atom. The van der Waals surface area contributed by atoms with Crippen LogP contribution in [0.1, 0.15) is 30.9 Å². The summed E-state index contributed by atoms with van der Waals surface area (Å²) in [7, 11) is 1.89. The van der Waals surface area contributed by atoms with Gasteiger partial charge in [-0.3, -0.25) is 19.9 Å². The maximum Gasteiger partial charge on any atom is 0.239 e. The van der Waals surface area contributed by atoms with Crippen molar-refractivity contribution in [1.29, 1.82) is 0 Å². The van der Waals surface area contributed by atoms with E-state index in [-0.39, 0.29) is 23.8 Å². The van der Waals surface area contributed by atoms with Crippen LogP contribution in [-0.2, 0) is 16.1 Å². The summed E-state index contributed by atoms with van der Waals surface area (Å²) in [6.45, 7) is 7.56. The summed E-state index contributed by atoms with van der Waals surface area (Å²) in [5, 5.41) is 1.85. The summed E-state index contributed by atoms with van der Waals surface area (Å²) in [5.41, 5.74) is 5.34. The van der Waals surface area contributed by atoms with Crippen molar-refractivity contribution in [1.82, 2.24) is 20.2 Å². The molecule has 2 atom stereocenters. The molecule has 3 rings (SSSR count). The second kappa shape index (κ2) is 8.18. The molecule has 6 heteroatoms. The number of nitrogens with one attached hydrogen (secondary N) is 1. The molecule has 2 aliphatic heterocycles. The molecule has 6 nitrogen and oxygen atoms in total. The number of rotatable bonds is 5. The molecule has 2 aliphatic rings. The molecule has 0 bridgehead atoms. The van der Waals surface area contributed by atoms with Gasteiger partial charge in [0, 0.05) is 39.3 Å². The van der Waals surface area contributed by atoms with Crippen LogP contribution >= 0.6 is 0 Å². The van der Waals surface area contributed by atoms with E-state index in [1.165, 1.54) is 11.1 Å². The predicted octanol–water partition coefficient (Wildman–Crippen LogP) is 1.40. The number of piperazine rings is 1. The van der Waals surface area contributed by atoms with Gasteiger partial charge in [-0.15, -0.1) is 0 Å². The monoisotopic (exact) mass is 358 g/mol. The van der Waals surface area contributed by atoms with Gasteiger partial charge in [-0.05, 0) is 24.5 Å². The van der Waals surface area contributed by atoms with E-state index < -0.39 is 0 Å². The van der Waals surface area contributed by atoms with Crippen LogP contribution in [0, 0.1) is 12.8 Å². The number of carbonyl (C=O) groups excluding carboxylic acids is 2. The topological polar surface area (TPSA) is 55.9 Å². The molecule has 1 aromatic carbocycles. The van der Waals surface area contributed by atoms with Crippen molar-refractivity contribution in [3.05, 3.63) is 35.4 Å². The van der Waals surface area contributed by atoms with Gasteiger partial charge >= 0.3 is 0 Å². The zero-order chi connectivity index (χ0) is 18.7. The zero-order valence-corrected chi connectivity index (χ0v) is 16.1. The number of carbonyl (C=O) groups is 2. The van der Waals surface area contributed by atoms with Gasteiger partial charge in [0.15, 0.2) is 0 Å². The van der Waals surface area contributed by atoms with Crippen LogP contribution in [0.5, 0.6) is 0 Å². The average molecular weight is 358 g/mol. The van der Waals surface area contributed by atoms with Crippen molar-refractivity contribution in [2.24, 2.45) is 5.92 Å². The minimum atomic E-state index is -0.0353. The highest BCUT2D eigenvalue weighted by molar-refractivity contribution is 5.81. The van der Waals surface area contributed by atoms with Crippen LogP contribution in [0.15, 0.2) is 24.3 Å². The van der Waals surface area contributed by atoms with Crippen LogP contribution in [0.2, 0.25) is 0 Å². The first-order valence-electron chi connectivity index (χ1n) is 9.57. The SMILES string of the molecule is CCCC1C(=O)NN(C)CC1N1CCN(Cc2ccccc2C)C(=O)C1. The lowest BCUT2D eigenvalue weighted by molar-refractivity contribution is -0.146. The molecule has 1 aromatic rings. The standard InChI is InChI=1S/C20H30N4O2/c1-4-7-17-18(13-22(3)21-20(17)26)23-10-11-24(19(25)14-23)12-16-9-6-5-8-15(16)2/h5-6,8-9,17-18H,4,7,10-14H2,1-3H3,(H,21,26). The molecule has 1 N–H and O–H groups in total. The van der Waals surface area contributed by atoms with Crippen molar-refractivity contribution >= 4 is 11.8 Å². The second-order valence-electron chi connectivity index (χ2n) is 7.53. The van der Waals surface area contributed by atoms with Crippen molar-refractivity contribution < 1.29 is 9.59 Å². The molecule has 0 saturated carbocycles. The Morgan fingerprint density at radius 3 is 2.65 bits per heavy atom. The number of aryl methyl sites for hydroxylation is 1. The maximum atomic E-state index is 12.8. The molecule has 2 unspecified atom stereocenters. The molecular weight excluding hydrogens is 328 g/mol. The van der Waals surface area contributed by atoms with Crippen molar-refractivity contribution in [3.63, 3.8) is 0 Å². The minimum Gasteiger partial charge on any atom is -0.336 e. The van der Waals surface area contributed by atoms with Gasteiger partial charge in [-0.25, -0.2) is 5.01 Å². The Bertz CT molecular complexity index is 663. The lowest BCUT2D eigenvalue weighted by atomic mass is 9.90. The van der Waals surface area contributed by atoms with Crippen LogP contribution in [0.4, 0.5) is 0 Å². The van der Waals surface area contributed by atoms with Crippen LogP contribution in [0.25, 0.3) is 0 Å². The van der Waals surface area contributed by atoms with E-state index in [1.54, 1.807) is 0 Å². The normalized spacial score (nSPS) is 25.4. The average Bonchev–Trinajstić information content (AvgIpc) is 2.60. The van der Waals surface area contributed by atoms with Crippen molar-refractivity contribution in [3.8, 4) is 0 Å². The largest absolute Gasteiger partial charge is 0.336 e. The molecule has 2 amide bonds. The molecule has 26 heavy (non-hydrogen) atoms. The van der Waals surface area contributed by atoms with Crippen molar-refractivity contribution in [2.75, 3.05) is 33.2 Å². The quantitative estimate of drug-likeness (QED) is 0.865. The number of hydrazine groups is 1. The first kappa shape index (κ1) is 18.9. The van der Waals surface area contributed by atoms with Crippen LogP contribution < -0.4 is 5.43 Å². The second-order valence-corrected chi connectivity index (χ2v) is 7.53. The van der Waals surface area contributed by atoms with Gasteiger partial charge in [0.1, 0.15) is 0 Å². The Kier molecular flexibility index (Phi) is 5.94. The lowest BCUT2D eigenvalue weighted by Gasteiger charge is -2.45. The summed E-state index contributed by atoms with van der Waals surface area (Å²) in [6, 6.07) is 8.33. The van der Waals surface area contributed by atoms with E-state index in [9.17, 15) is 9.59 Å². The minimum absolute atomic E-state index is 0.0353. The molecular formula is C20H30N4O2. The van der Waals surface area contributed by atoms with Gasteiger partial charge in [0.05, 0.1) is 12.5 Å². The number of hydrogen-bond donors (Lipinski definition) is 1. The Balaban J connectivity index is 1.66. The van der Waals surface area contributed by atoms with Gasteiger partial charge in [0.25, 0.3) is 0 Å². The first-order chi connectivity index (χ1) is 12.5. The van der Waals surface area contributed by atoms with E-state index in [0.29, 0.717) is 19.6 Å². The van der Waals surface area contributed by atoms with Crippen LogP contribution in [-0.4, -0.2) is 65.9 Å². The van der Waals surface area contributed by atoms with Gasteiger partial charge in [0.2, 0.25) is 11.8 Å². The molecule has 0 spiro atoms. The third-order valence-electron chi connectivity index (χ3n) is 5.60. The highest BCUT2D eigenvalue weighted by atomic mass is 16.2. The van der Waals surface area contributed by atoms with E-state index >= 15 is 0 Å². The third kappa shape index (κ3) is 4.07. The first-order valence-corrected chi connectivity index (χ1v) is 9.57. The van der Waals surface area contributed by atoms with Gasteiger partial charge in [-0.2, -0.15) is 0 Å². The molecule has 0 aromatic heterocycles. The fourth-order valence-corrected chi connectivity index (χ4v) is 4.07. The van der Waals surface area contributed by atoms with Crippen molar-refractivity contribution in [2.45, 2.75) is 39.3 Å². The number of amides is 2. The van der Waals surface area contributed by atoms with Crippen LogP contribution in [0.3, 0.4) is 0 Å². The summed E-state index contributed by atoms with van der Waals surface area (Å²) < 4.78 is 0. The lowest BCUT2D eigenvalue weighted by Crippen LogP contribution is -2.64.